The quantitative estimate of drug-likeness (QED) is 0.377. The number of unbranched alkanes of at least 4 members (excludes halogenated alkanes) is 3. The van der Waals surface area contributed by atoms with Crippen molar-refractivity contribution in [1.29, 1.82) is 0 Å². The van der Waals surface area contributed by atoms with Gasteiger partial charge in [-0.1, -0.05) is 45.2 Å². The lowest BCUT2D eigenvalue weighted by Gasteiger charge is -2.32. The Morgan fingerprint density at radius 3 is 2.59 bits per heavy atom. The summed E-state index contributed by atoms with van der Waals surface area (Å²) in [5.41, 5.74) is 2.99. The molecular formula is C27H40N2O3. The van der Waals surface area contributed by atoms with Crippen molar-refractivity contribution in [1.82, 2.24) is 9.88 Å². The molecule has 1 aliphatic heterocycles. The van der Waals surface area contributed by atoms with Crippen LogP contribution in [0.3, 0.4) is 0 Å². The molecule has 0 aliphatic carbocycles. The van der Waals surface area contributed by atoms with Gasteiger partial charge in [0.25, 0.3) is 0 Å². The molecule has 3 rings (SSSR count). The first-order chi connectivity index (χ1) is 15.6. The molecule has 1 aromatic carbocycles. The minimum absolute atomic E-state index is 0.324. The van der Waals surface area contributed by atoms with E-state index >= 15 is 0 Å². The van der Waals surface area contributed by atoms with Gasteiger partial charge in [0.2, 0.25) is 5.91 Å². The number of carbonyl (C=O) groups excluding carboxylic acids is 1. The Hall–Kier alpha value is -2.14. The second-order valence-electron chi connectivity index (χ2n) is 9.03. The average molecular weight is 441 g/mol. The lowest BCUT2D eigenvalue weighted by Crippen LogP contribution is -2.39. The van der Waals surface area contributed by atoms with Crippen LogP contribution in [0, 0.1) is 12.8 Å². The third-order valence-corrected chi connectivity index (χ3v) is 6.48. The maximum Gasteiger partial charge on any atom is 0.222 e. The number of nitrogens with zero attached hydrogens (tertiary/aromatic N) is 2. The van der Waals surface area contributed by atoms with Gasteiger partial charge in [-0.05, 0) is 50.7 Å². The zero-order chi connectivity index (χ0) is 22.8. The number of carbonyl (C=O) groups is 1. The van der Waals surface area contributed by atoms with Crippen LogP contribution in [-0.2, 0) is 16.1 Å². The van der Waals surface area contributed by atoms with Crippen LogP contribution < -0.4 is 4.74 Å². The van der Waals surface area contributed by atoms with Crippen LogP contribution in [0.4, 0.5) is 0 Å². The molecule has 0 saturated carbocycles. The maximum atomic E-state index is 12.3. The Labute approximate surface area is 193 Å². The monoisotopic (exact) mass is 440 g/mol. The molecule has 0 spiro atoms. The SMILES string of the molecule is CCCCCC(=O)N1CCC(COCc2nc3ccccc3c(OCCCC)c2C)CC1. The molecule has 1 aromatic heterocycles. The average Bonchev–Trinajstić information content (AvgIpc) is 2.81. The van der Waals surface area contributed by atoms with Gasteiger partial charge in [-0.3, -0.25) is 4.79 Å². The normalized spacial score (nSPS) is 14.8. The third kappa shape index (κ3) is 6.68. The highest BCUT2D eigenvalue weighted by atomic mass is 16.5. The molecular weight excluding hydrogens is 400 g/mol. The van der Waals surface area contributed by atoms with E-state index in [2.05, 4.69) is 26.8 Å². The molecule has 0 bridgehead atoms. The first-order valence-electron chi connectivity index (χ1n) is 12.5. The van der Waals surface area contributed by atoms with Gasteiger partial charge >= 0.3 is 0 Å². The smallest absolute Gasteiger partial charge is 0.222 e. The molecule has 1 amide bonds. The zero-order valence-electron chi connectivity index (χ0n) is 20.2. The number of rotatable bonds is 12. The molecule has 0 atom stereocenters. The topological polar surface area (TPSA) is 51.7 Å². The van der Waals surface area contributed by atoms with Gasteiger partial charge in [-0.25, -0.2) is 4.98 Å². The molecule has 1 saturated heterocycles. The van der Waals surface area contributed by atoms with E-state index in [1.807, 2.05) is 23.1 Å². The summed E-state index contributed by atoms with van der Waals surface area (Å²) in [7, 11) is 0. The Kier molecular flexibility index (Phi) is 9.79. The van der Waals surface area contributed by atoms with Crippen LogP contribution in [-0.4, -0.2) is 42.1 Å². The first kappa shape index (κ1) is 24.5. The number of ether oxygens (including phenoxy) is 2. The van der Waals surface area contributed by atoms with Gasteiger partial charge in [0.05, 0.1) is 31.0 Å². The minimum Gasteiger partial charge on any atom is -0.493 e. The number of piperidine rings is 1. The highest BCUT2D eigenvalue weighted by Gasteiger charge is 2.23. The van der Waals surface area contributed by atoms with Gasteiger partial charge in [0, 0.05) is 30.5 Å². The van der Waals surface area contributed by atoms with Gasteiger partial charge in [-0.15, -0.1) is 0 Å². The standard InChI is InChI=1S/C27H40N2O3/c1-4-6-8-13-26(30)29-16-14-22(15-17-29)19-31-20-25-21(3)27(32-18-7-5-2)23-11-9-10-12-24(23)28-25/h9-12,22H,4-8,13-20H2,1-3H3. The lowest BCUT2D eigenvalue weighted by atomic mass is 9.97. The highest BCUT2D eigenvalue weighted by molar-refractivity contribution is 5.86. The fourth-order valence-corrected chi connectivity index (χ4v) is 4.33. The van der Waals surface area contributed by atoms with Crippen LogP contribution in [0.2, 0.25) is 0 Å². The number of likely N-dealkylation sites (tertiary alicyclic amines) is 1. The predicted molar refractivity (Wildman–Crippen MR) is 130 cm³/mol. The molecule has 0 radical (unpaired) electrons. The largest absolute Gasteiger partial charge is 0.493 e. The van der Waals surface area contributed by atoms with E-state index in [1.165, 1.54) is 0 Å². The van der Waals surface area contributed by atoms with Crippen molar-refractivity contribution in [3.8, 4) is 5.75 Å². The highest BCUT2D eigenvalue weighted by Crippen LogP contribution is 2.31. The number of aromatic nitrogens is 1. The van der Waals surface area contributed by atoms with Gasteiger partial charge in [0.15, 0.2) is 0 Å². The van der Waals surface area contributed by atoms with Gasteiger partial charge in [-0.2, -0.15) is 0 Å². The second kappa shape index (κ2) is 12.8. The Morgan fingerprint density at radius 2 is 1.84 bits per heavy atom. The van der Waals surface area contributed by atoms with Crippen molar-refractivity contribution < 1.29 is 14.3 Å². The molecule has 2 heterocycles. The summed E-state index contributed by atoms with van der Waals surface area (Å²) in [5.74, 6) is 1.78. The minimum atomic E-state index is 0.324. The van der Waals surface area contributed by atoms with Crippen molar-refractivity contribution >= 4 is 16.8 Å². The fraction of sp³-hybridized carbons (Fsp3) is 0.630. The number of hydrogen-bond donors (Lipinski definition) is 0. The van der Waals surface area contributed by atoms with E-state index in [4.69, 9.17) is 14.5 Å². The van der Waals surface area contributed by atoms with E-state index < -0.39 is 0 Å². The van der Waals surface area contributed by atoms with Crippen molar-refractivity contribution in [3.05, 3.63) is 35.5 Å². The Bertz CT molecular complexity index is 859. The summed E-state index contributed by atoms with van der Waals surface area (Å²) in [6.45, 7) is 10.1. The number of para-hydroxylation sites is 1. The molecule has 0 N–H and O–H groups in total. The summed E-state index contributed by atoms with van der Waals surface area (Å²) >= 11 is 0. The lowest BCUT2D eigenvalue weighted by molar-refractivity contribution is -0.133. The van der Waals surface area contributed by atoms with Crippen LogP contribution in [0.15, 0.2) is 24.3 Å². The van der Waals surface area contributed by atoms with Gasteiger partial charge < -0.3 is 14.4 Å². The molecule has 176 valence electrons. The van der Waals surface area contributed by atoms with Crippen molar-refractivity contribution in [3.63, 3.8) is 0 Å². The zero-order valence-corrected chi connectivity index (χ0v) is 20.2. The predicted octanol–water partition coefficient (Wildman–Crippen LogP) is 6.06. The van der Waals surface area contributed by atoms with E-state index in [9.17, 15) is 4.79 Å². The number of pyridine rings is 1. The van der Waals surface area contributed by atoms with Gasteiger partial charge in [0.1, 0.15) is 5.75 Å². The maximum absolute atomic E-state index is 12.3. The number of amides is 1. The van der Waals surface area contributed by atoms with E-state index in [0.717, 1.165) is 99.2 Å². The number of hydrogen-bond acceptors (Lipinski definition) is 4. The molecule has 5 nitrogen and oxygen atoms in total. The van der Waals surface area contributed by atoms with E-state index in [1.54, 1.807) is 0 Å². The van der Waals surface area contributed by atoms with Crippen LogP contribution in [0.5, 0.6) is 5.75 Å². The van der Waals surface area contributed by atoms with Crippen LogP contribution in [0.25, 0.3) is 10.9 Å². The summed E-state index contributed by atoms with van der Waals surface area (Å²) in [6.07, 6.45) is 8.21. The molecule has 5 heteroatoms. The second-order valence-corrected chi connectivity index (χ2v) is 9.03. The summed E-state index contributed by atoms with van der Waals surface area (Å²) in [4.78, 5) is 19.2. The Balaban J connectivity index is 1.52. The van der Waals surface area contributed by atoms with E-state index in [0.29, 0.717) is 24.9 Å². The summed E-state index contributed by atoms with van der Waals surface area (Å²) in [5, 5.41) is 1.07. The molecule has 32 heavy (non-hydrogen) atoms. The van der Waals surface area contributed by atoms with Crippen molar-refractivity contribution in [2.75, 3.05) is 26.3 Å². The van der Waals surface area contributed by atoms with Crippen molar-refractivity contribution in [2.45, 2.75) is 78.7 Å². The number of fused-ring (bicyclic) bond motifs is 1. The van der Waals surface area contributed by atoms with E-state index in [-0.39, 0.29) is 0 Å². The van der Waals surface area contributed by atoms with Crippen LogP contribution >= 0.6 is 0 Å². The molecule has 2 aromatic rings. The van der Waals surface area contributed by atoms with Crippen LogP contribution in [0.1, 0.15) is 76.5 Å². The molecule has 0 unspecified atom stereocenters. The number of benzene rings is 1. The van der Waals surface area contributed by atoms with Crippen molar-refractivity contribution in [2.24, 2.45) is 5.92 Å². The summed E-state index contributed by atoms with van der Waals surface area (Å²) in [6, 6.07) is 8.17. The first-order valence-corrected chi connectivity index (χ1v) is 12.5. The third-order valence-electron chi connectivity index (χ3n) is 6.48. The molecule has 1 fully saturated rings. The fourth-order valence-electron chi connectivity index (χ4n) is 4.33. The summed E-state index contributed by atoms with van der Waals surface area (Å²) < 4.78 is 12.3. The molecule has 1 aliphatic rings. The Morgan fingerprint density at radius 1 is 1.09 bits per heavy atom.